The molecule has 0 saturated heterocycles. The number of aryl methyl sites for hydroxylation is 1. The zero-order valence-corrected chi connectivity index (χ0v) is 21.0. The second kappa shape index (κ2) is 9.64. The maximum absolute atomic E-state index is 15.1. The maximum atomic E-state index is 15.1. The van der Waals surface area contributed by atoms with Gasteiger partial charge in [0.15, 0.2) is 17.3 Å². The molecule has 0 radical (unpaired) electrons. The van der Waals surface area contributed by atoms with Crippen LogP contribution in [0, 0.1) is 5.82 Å². The van der Waals surface area contributed by atoms with Gasteiger partial charge < -0.3 is 10.6 Å². The van der Waals surface area contributed by atoms with Crippen molar-refractivity contribution >= 4 is 45.0 Å². The number of hydrogen-bond donors (Lipinski definition) is 2. The van der Waals surface area contributed by atoms with E-state index in [4.69, 9.17) is 11.6 Å². The number of halogens is 5. The van der Waals surface area contributed by atoms with Crippen LogP contribution in [0.4, 0.5) is 29.1 Å². The Kier molecular flexibility index (Phi) is 6.47. The Morgan fingerprint density at radius 1 is 1.05 bits per heavy atom. The summed E-state index contributed by atoms with van der Waals surface area (Å²) in [5.74, 6) is -1.61. The smallest absolute Gasteiger partial charge is 0.384 e. The first-order valence-electron chi connectivity index (χ1n) is 11.6. The first-order chi connectivity index (χ1) is 18.1. The van der Waals surface area contributed by atoms with Crippen molar-refractivity contribution in [2.24, 2.45) is 7.05 Å². The first-order valence-corrected chi connectivity index (χ1v) is 12.0. The van der Waals surface area contributed by atoms with Gasteiger partial charge in [-0.25, -0.2) is 9.37 Å². The molecule has 7 nitrogen and oxygen atoms in total. The van der Waals surface area contributed by atoms with Crippen LogP contribution in [-0.4, -0.2) is 38.6 Å². The molecule has 0 aliphatic rings. The standard InChI is InChI=1S/C26H21ClF4N6O/c1-3-32-22-18-11-19(28)23(33-13-26(29,30)31)34-24(18)37(17-7-5-16(27)6-8-17)25(38)21(22)14-4-9-20-15(10-14)12-36(2)35-20/h4-12,32H,3,13H2,1-2H3,(H,33,34). The summed E-state index contributed by atoms with van der Waals surface area (Å²) in [4.78, 5) is 18.3. The summed E-state index contributed by atoms with van der Waals surface area (Å²) >= 11 is 6.05. The van der Waals surface area contributed by atoms with E-state index in [1.807, 2.05) is 18.4 Å². The molecule has 0 unspecified atom stereocenters. The lowest BCUT2D eigenvalue weighted by molar-refractivity contribution is -0.115. The van der Waals surface area contributed by atoms with E-state index in [2.05, 4.69) is 15.4 Å². The fourth-order valence-corrected chi connectivity index (χ4v) is 4.48. The third-order valence-electron chi connectivity index (χ3n) is 5.91. The van der Waals surface area contributed by atoms with Crippen molar-refractivity contribution in [2.75, 3.05) is 23.7 Å². The Bertz CT molecular complexity index is 1730. The molecular formula is C26H21ClF4N6O. The highest BCUT2D eigenvalue weighted by Crippen LogP contribution is 2.35. The maximum Gasteiger partial charge on any atom is 0.405 e. The minimum Gasteiger partial charge on any atom is -0.384 e. The highest BCUT2D eigenvalue weighted by molar-refractivity contribution is 6.30. The van der Waals surface area contributed by atoms with E-state index in [-0.39, 0.29) is 16.6 Å². The molecular weight excluding hydrogens is 524 g/mol. The molecule has 0 fully saturated rings. The molecule has 2 aromatic carbocycles. The summed E-state index contributed by atoms with van der Waals surface area (Å²) in [5.41, 5.74) is 1.68. The zero-order chi connectivity index (χ0) is 27.2. The van der Waals surface area contributed by atoms with Crippen LogP contribution in [0.15, 0.2) is 59.5 Å². The highest BCUT2D eigenvalue weighted by Gasteiger charge is 2.28. The van der Waals surface area contributed by atoms with Crippen molar-refractivity contribution in [2.45, 2.75) is 13.1 Å². The Hall–Kier alpha value is -4.12. The summed E-state index contributed by atoms with van der Waals surface area (Å²) in [6.45, 7) is 0.710. The molecule has 3 heterocycles. The molecule has 0 aliphatic carbocycles. The molecule has 0 aliphatic heterocycles. The molecule has 0 saturated carbocycles. The van der Waals surface area contributed by atoms with E-state index in [9.17, 15) is 18.0 Å². The minimum absolute atomic E-state index is 0.0226. The second-order valence-corrected chi connectivity index (χ2v) is 9.07. The molecule has 2 N–H and O–H groups in total. The van der Waals surface area contributed by atoms with Crippen LogP contribution >= 0.6 is 11.6 Å². The Morgan fingerprint density at radius 3 is 2.47 bits per heavy atom. The average molecular weight is 545 g/mol. The predicted octanol–water partition coefficient (Wildman–Crippen LogP) is 6.14. The number of anilines is 2. The fraction of sp³-hybridized carbons (Fsp3) is 0.192. The lowest BCUT2D eigenvalue weighted by Gasteiger charge is -2.20. The van der Waals surface area contributed by atoms with Crippen LogP contribution in [0.5, 0.6) is 0 Å². The third-order valence-corrected chi connectivity index (χ3v) is 6.16. The second-order valence-electron chi connectivity index (χ2n) is 8.63. The SMILES string of the molecule is CCNc1c(-c2ccc3nn(C)cc3c2)c(=O)n(-c2ccc(Cl)cc2)c2nc(NCC(F)(F)F)c(F)cc12. The molecule has 0 atom stereocenters. The van der Waals surface area contributed by atoms with Gasteiger partial charge in [0.2, 0.25) is 0 Å². The molecule has 5 rings (SSSR count). The van der Waals surface area contributed by atoms with Gasteiger partial charge in [-0.1, -0.05) is 17.7 Å². The van der Waals surface area contributed by atoms with Crippen LogP contribution in [0.3, 0.4) is 0 Å². The summed E-state index contributed by atoms with van der Waals surface area (Å²) in [6, 6.07) is 12.7. The molecule has 0 amide bonds. The average Bonchev–Trinajstić information content (AvgIpc) is 3.23. The summed E-state index contributed by atoms with van der Waals surface area (Å²) in [6.07, 6.45) is -2.78. The van der Waals surface area contributed by atoms with Gasteiger partial charge in [0, 0.05) is 35.6 Å². The molecule has 3 aromatic heterocycles. The van der Waals surface area contributed by atoms with Crippen molar-refractivity contribution in [1.29, 1.82) is 0 Å². The van der Waals surface area contributed by atoms with Crippen molar-refractivity contribution in [1.82, 2.24) is 19.3 Å². The van der Waals surface area contributed by atoms with E-state index in [0.29, 0.717) is 28.5 Å². The quantitative estimate of drug-likeness (QED) is 0.251. The number of alkyl halides is 3. The van der Waals surface area contributed by atoms with E-state index < -0.39 is 29.9 Å². The van der Waals surface area contributed by atoms with Crippen LogP contribution in [0.2, 0.25) is 5.02 Å². The molecule has 0 spiro atoms. The molecule has 38 heavy (non-hydrogen) atoms. The lowest BCUT2D eigenvalue weighted by atomic mass is 10.0. The Morgan fingerprint density at radius 2 is 1.79 bits per heavy atom. The van der Waals surface area contributed by atoms with Gasteiger partial charge >= 0.3 is 6.18 Å². The molecule has 0 bridgehead atoms. The summed E-state index contributed by atoms with van der Waals surface area (Å²) in [5, 5.41) is 10.9. The summed E-state index contributed by atoms with van der Waals surface area (Å²) in [7, 11) is 1.78. The van der Waals surface area contributed by atoms with Gasteiger partial charge in [-0.05, 0) is 55.0 Å². The van der Waals surface area contributed by atoms with E-state index in [1.165, 1.54) is 4.57 Å². The van der Waals surface area contributed by atoms with Crippen molar-refractivity contribution in [3.05, 3.63) is 75.9 Å². The molecule has 12 heteroatoms. The van der Waals surface area contributed by atoms with Gasteiger partial charge in [-0.2, -0.15) is 18.3 Å². The highest BCUT2D eigenvalue weighted by atomic mass is 35.5. The number of benzene rings is 2. The molecule has 196 valence electrons. The van der Waals surface area contributed by atoms with Gasteiger partial charge in [0.1, 0.15) is 6.54 Å². The number of fused-ring (bicyclic) bond motifs is 2. The lowest BCUT2D eigenvalue weighted by Crippen LogP contribution is -2.25. The number of pyridine rings is 2. The number of nitrogens with zero attached hydrogens (tertiary/aromatic N) is 4. The monoisotopic (exact) mass is 544 g/mol. The molecule has 5 aromatic rings. The number of nitrogens with one attached hydrogen (secondary N) is 2. The Labute approximate surface area is 218 Å². The van der Waals surface area contributed by atoms with Crippen LogP contribution < -0.4 is 16.2 Å². The van der Waals surface area contributed by atoms with Crippen LogP contribution in [0.25, 0.3) is 38.8 Å². The fourth-order valence-electron chi connectivity index (χ4n) is 4.35. The summed E-state index contributed by atoms with van der Waals surface area (Å²) < 4.78 is 56.6. The third kappa shape index (κ3) is 4.76. The van der Waals surface area contributed by atoms with Crippen LogP contribution in [-0.2, 0) is 7.05 Å². The Balaban J connectivity index is 1.86. The van der Waals surface area contributed by atoms with Gasteiger partial charge in [0.05, 0.1) is 22.5 Å². The van der Waals surface area contributed by atoms with E-state index >= 15 is 4.39 Å². The van der Waals surface area contributed by atoms with Crippen LogP contribution in [0.1, 0.15) is 6.92 Å². The van der Waals surface area contributed by atoms with Crippen molar-refractivity contribution in [3.63, 3.8) is 0 Å². The van der Waals surface area contributed by atoms with Crippen molar-refractivity contribution < 1.29 is 17.6 Å². The van der Waals surface area contributed by atoms with Gasteiger partial charge in [-0.3, -0.25) is 14.0 Å². The van der Waals surface area contributed by atoms with E-state index in [1.54, 1.807) is 54.2 Å². The zero-order valence-electron chi connectivity index (χ0n) is 20.2. The predicted molar refractivity (Wildman–Crippen MR) is 141 cm³/mol. The number of aromatic nitrogens is 4. The number of rotatable bonds is 6. The minimum atomic E-state index is -4.59. The van der Waals surface area contributed by atoms with Gasteiger partial charge in [-0.15, -0.1) is 0 Å². The topological polar surface area (TPSA) is 76.8 Å². The first kappa shape index (κ1) is 25.5. The van der Waals surface area contributed by atoms with E-state index in [0.717, 1.165) is 17.0 Å². The van der Waals surface area contributed by atoms with Crippen molar-refractivity contribution in [3.8, 4) is 16.8 Å². The normalized spacial score (nSPS) is 11.9. The largest absolute Gasteiger partial charge is 0.405 e. The number of hydrogen-bond acceptors (Lipinski definition) is 5. The van der Waals surface area contributed by atoms with Gasteiger partial charge in [0.25, 0.3) is 5.56 Å².